The smallest absolute Gasteiger partial charge is 0.240 e. The van der Waals surface area contributed by atoms with E-state index >= 15 is 0 Å². The quantitative estimate of drug-likeness (QED) is 0.872. The molecule has 24 heavy (non-hydrogen) atoms. The fourth-order valence-corrected chi connectivity index (χ4v) is 3.98. The molecule has 1 fully saturated rings. The Hall–Kier alpha value is -1.92. The molecule has 0 unspecified atom stereocenters. The number of benzene rings is 2. The number of halogens is 1. The third kappa shape index (κ3) is 3.30. The average molecular weight is 349 g/mol. The van der Waals surface area contributed by atoms with Gasteiger partial charge in [0.1, 0.15) is 11.6 Å². The molecular weight excluding hydrogens is 329 g/mol. The molecule has 0 saturated heterocycles. The Kier molecular flexibility index (Phi) is 4.36. The highest BCUT2D eigenvalue weighted by molar-refractivity contribution is 7.89. The first-order valence-corrected chi connectivity index (χ1v) is 9.25. The van der Waals surface area contributed by atoms with E-state index < -0.39 is 15.8 Å². The van der Waals surface area contributed by atoms with Crippen LogP contribution in [0.3, 0.4) is 0 Å². The van der Waals surface area contributed by atoms with Crippen LogP contribution in [0.25, 0.3) is 0 Å². The fraction of sp³-hybridized carbons (Fsp3) is 0.333. The first-order valence-electron chi connectivity index (χ1n) is 7.77. The van der Waals surface area contributed by atoms with Gasteiger partial charge in [0.15, 0.2) is 0 Å². The molecule has 1 aliphatic rings. The molecule has 0 aliphatic heterocycles. The number of rotatable bonds is 6. The summed E-state index contributed by atoms with van der Waals surface area (Å²) in [6.45, 7) is 1.88. The van der Waals surface area contributed by atoms with Crippen molar-refractivity contribution in [2.75, 3.05) is 13.7 Å². The standard InChI is InChI=1S/C18H20FNO3S/c1-13-11-16(7-8-17(13)19)24(21,22)20-12-18(9-10-18)14-3-5-15(23-2)6-4-14/h3-8,11,20H,9-10,12H2,1-2H3. The van der Waals surface area contributed by atoms with E-state index in [1.54, 1.807) is 14.0 Å². The van der Waals surface area contributed by atoms with Crippen molar-refractivity contribution in [1.82, 2.24) is 4.72 Å². The minimum absolute atomic E-state index is 0.0898. The zero-order chi connectivity index (χ0) is 17.4. The number of hydrogen-bond donors (Lipinski definition) is 1. The number of hydrogen-bond acceptors (Lipinski definition) is 3. The number of methoxy groups -OCH3 is 1. The van der Waals surface area contributed by atoms with E-state index in [2.05, 4.69) is 4.72 Å². The number of nitrogens with one attached hydrogen (secondary N) is 1. The van der Waals surface area contributed by atoms with Crippen LogP contribution < -0.4 is 9.46 Å². The Bertz CT molecular complexity index is 843. The summed E-state index contributed by atoms with van der Waals surface area (Å²) in [6, 6.07) is 11.5. The van der Waals surface area contributed by atoms with Crippen molar-refractivity contribution >= 4 is 10.0 Å². The summed E-state index contributed by atoms with van der Waals surface area (Å²) >= 11 is 0. The minimum Gasteiger partial charge on any atom is -0.497 e. The van der Waals surface area contributed by atoms with Crippen LogP contribution in [0, 0.1) is 12.7 Å². The molecule has 1 saturated carbocycles. The van der Waals surface area contributed by atoms with Crippen LogP contribution in [0.4, 0.5) is 4.39 Å². The van der Waals surface area contributed by atoms with E-state index in [-0.39, 0.29) is 10.3 Å². The van der Waals surface area contributed by atoms with Crippen molar-refractivity contribution in [3.8, 4) is 5.75 Å². The van der Waals surface area contributed by atoms with Gasteiger partial charge in [-0.1, -0.05) is 12.1 Å². The highest BCUT2D eigenvalue weighted by Gasteiger charge is 2.44. The largest absolute Gasteiger partial charge is 0.497 e. The van der Waals surface area contributed by atoms with Crippen molar-refractivity contribution in [3.05, 3.63) is 59.4 Å². The maximum absolute atomic E-state index is 13.3. The van der Waals surface area contributed by atoms with Gasteiger partial charge in [-0.05, 0) is 61.2 Å². The molecular formula is C18H20FNO3S. The van der Waals surface area contributed by atoms with Gasteiger partial charge in [-0.25, -0.2) is 17.5 Å². The van der Waals surface area contributed by atoms with Gasteiger partial charge < -0.3 is 4.74 Å². The van der Waals surface area contributed by atoms with Crippen molar-refractivity contribution in [3.63, 3.8) is 0 Å². The minimum atomic E-state index is -3.65. The molecule has 4 nitrogen and oxygen atoms in total. The first-order chi connectivity index (χ1) is 11.4. The molecule has 6 heteroatoms. The second-order valence-electron chi connectivity index (χ2n) is 6.24. The number of aryl methyl sites for hydroxylation is 1. The second kappa shape index (κ2) is 6.18. The molecule has 2 aromatic carbocycles. The van der Waals surface area contributed by atoms with Crippen molar-refractivity contribution in [2.24, 2.45) is 0 Å². The third-order valence-electron chi connectivity index (χ3n) is 4.60. The van der Waals surface area contributed by atoms with E-state index in [1.807, 2.05) is 24.3 Å². The number of ether oxygens (including phenoxy) is 1. The molecule has 1 aliphatic carbocycles. The normalized spacial score (nSPS) is 16.0. The van der Waals surface area contributed by atoms with Gasteiger partial charge in [-0.2, -0.15) is 0 Å². The SMILES string of the molecule is COc1ccc(C2(CNS(=O)(=O)c3ccc(F)c(C)c3)CC2)cc1. The Morgan fingerprint density at radius 1 is 1.17 bits per heavy atom. The highest BCUT2D eigenvalue weighted by atomic mass is 32.2. The second-order valence-corrected chi connectivity index (χ2v) is 8.01. The molecule has 0 spiro atoms. The Balaban J connectivity index is 1.75. The summed E-state index contributed by atoms with van der Waals surface area (Å²) in [5.74, 6) is 0.364. The lowest BCUT2D eigenvalue weighted by Gasteiger charge is -2.17. The van der Waals surface area contributed by atoms with Gasteiger partial charge in [0.25, 0.3) is 0 Å². The number of sulfonamides is 1. The van der Waals surface area contributed by atoms with E-state index in [4.69, 9.17) is 4.74 Å². The predicted molar refractivity (Wildman–Crippen MR) is 90.2 cm³/mol. The molecule has 0 amide bonds. The van der Waals surface area contributed by atoms with E-state index in [1.165, 1.54) is 18.2 Å². The third-order valence-corrected chi connectivity index (χ3v) is 6.00. The summed E-state index contributed by atoms with van der Waals surface area (Å²) in [5, 5.41) is 0. The molecule has 2 aromatic rings. The van der Waals surface area contributed by atoms with Gasteiger partial charge in [-0.15, -0.1) is 0 Å². The highest BCUT2D eigenvalue weighted by Crippen LogP contribution is 2.48. The molecule has 0 bridgehead atoms. The Labute approximate surface area is 141 Å². The average Bonchev–Trinajstić information content (AvgIpc) is 3.37. The monoisotopic (exact) mass is 349 g/mol. The topological polar surface area (TPSA) is 55.4 Å². The van der Waals surface area contributed by atoms with Crippen LogP contribution in [0.2, 0.25) is 0 Å². The molecule has 0 atom stereocenters. The predicted octanol–water partition coefficient (Wildman–Crippen LogP) is 3.15. The van der Waals surface area contributed by atoms with Crippen LogP contribution in [-0.2, 0) is 15.4 Å². The zero-order valence-electron chi connectivity index (χ0n) is 13.7. The van der Waals surface area contributed by atoms with Gasteiger partial charge >= 0.3 is 0 Å². The van der Waals surface area contributed by atoms with Crippen LogP contribution in [0.1, 0.15) is 24.0 Å². The van der Waals surface area contributed by atoms with Gasteiger partial charge in [0.2, 0.25) is 10.0 Å². The van der Waals surface area contributed by atoms with Gasteiger partial charge in [-0.3, -0.25) is 0 Å². The van der Waals surface area contributed by atoms with Gasteiger partial charge in [0, 0.05) is 12.0 Å². The lowest BCUT2D eigenvalue weighted by molar-refractivity contribution is 0.414. The van der Waals surface area contributed by atoms with E-state index in [0.29, 0.717) is 12.1 Å². The van der Waals surface area contributed by atoms with Gasteiger partial charge in [0.05, 0.1) is 12.0 Å². The van der Waals surface area contributed by atoms with Crippen LogP contribution in [-0.4, -0.2) is 22.1 Å². The van der Waals surface area contributed by atoms with Crippen molar-refractivity contribution < 1.29 is 17.5 Å². The summed E-state index contributed by atoms with van der Waals surface area (Å²) in [4.78, 5) is 0.0898. The van der Waals surface area contributed by atoms with Crippen molar-refractivity contribution in [1.29, 1.82) is 0 Å². The van der Waals surface area contributed by atoms with Crippen LogP contribution in [0.5, 0.6) is 5.75 Å². The molecule has 128 valence electrons. The summed E-state index contributed by atoms with van der Waals surface area (Å²) in [7, 11) is -2.04. The van der Waals surface area contributed by atoms with Crippen molar-refractivity contribution in [2.45, 2.75) is 30.1 Å². The Morgan fingerprint density at radius 2 is 1.83 bits per heavy atom. The molecule has 0 radical (unpaired) electrons. The van der Waals surface area contributed by atoms with E-state index in [9.17, 15) is 12.8 Å². The molecule has 3 rings (SSSR count). The lowest BCUT2D eigenvalue weighted by Crippen LogP contribution is -2.32. The summed E-state index contributed by atoms with van der Waals surface area (Å²) in [6.07, 6.45) is 1.87. The molecule has 0 aromatic heterocycles. The first kappa shape index (κ1) is 16.9. The molecule has 1 N–H and O–H groups in total. The zero-order valence-corrected chi connectivity index (χ0v) is 14.5. The fourth-order valence-electron chi connectivity index (χ4n) is 2.76. The Morgan fingerprint density at radius 3 is 2.38 bits per heavy atom. The maximum atomic E-state index is 13.3. The van der Waals surface area contributed by atoms with E-state index in [0.717, 1.165) is 24.2 Å². The molecule has 0 heterocycles. The lowest BCUT2D eigenvalue weighted by atomic mass is 9.96. The van der Waals surface area contributed by atoms with Crippen LogP contribution >= 0.6 is 0 Å². The summed E-state index contributed by atoms with van der Waals surface area (Å²) < 4.78 is 46.0. The summed E-state index contributed by atoms with van der Waals surface area (Å²) in [5.41, 5.74) is 1.25. The van der Waals surface area contributed by atoms with Crippen LogP contribution in [0.15, 0.2) is 47.4 Å². The maximum Gasteiger partial charge on any atom is 0.240 e.